The van der Waals surface area contributed by atoms with E-state index in [2.05, 4.69) is 23.9 Å². The van der Waals surface area contributed by atoms with E-state index >= 15 is 0 Å². The molecule has 0 amide bonds. The van der Waals surface area contributed by atoms with E-state index in [0.717, 1.165) is 56.1 Å². The van der Waals surface area contributed by atoms with Crippen LogP contribution < -0.4 is 10.6 Å². The smallest absolute Gasteiger partial charge is 0.146 e. The molecule has 2 N–H and O–H groups in total. The van der Waals surface area contributed by atoms with Gasteiger partial charge in [-0.05, 0) is 57.8 Å². The van der Waals surface area contributed by atoms with Gasteiger partial charge in [0.05, 0.1) is 5.69 Å². The van der Waals surface area contributed by atoms with Gasteiger partial charge < -0.3 is 15.5 Å². The molecule has 1 aromatic carbocycles. The molecule has 0 spiro atoms. The second-order valence-corrected chi connectivity index (χ2v) is 6.62. The van der Waals surface area contributed by atoms with Crippen molar-refractivity contribution in [1.29, 1.82) is 0 Å². The standard InChI is InChI=1S/C17H28FN3/c1-13(19)11-15-5-4-6-16(18)17(15)21-9-7-14(8-10-21)12-20(2)3/h4-6,13-14H,7-12,19H2,1-3H3. The Kier molecular flexibility index (Phi) is 5.59. The number of rotatable bonds is 5. The lowest BCUT2D eigenvalue weighted by Crippen LogP contribution is -2.38. The van der Waals surface area contributed by atoms with Crippen LogP contribution in [0.5, 0.6) is 0 Å². The molecule has 0 saturated carbocycles. The van der Waals surface area contributed by atoms with Crippen molar-refractivity contribution in [3.8, 4) is 0 Å². The predicted octanol–water partition coefficient (Wildman–Crippen LogP) is 2.49. The molecular weight excluding hydrogens is 265 g/mol. The number of para-hydroxylation sites is 1. The van der Waals surface area contributed by atoms with Crippen molar-refractivity contribution in [2.45, 2.75) is 32.2 Å². The molecule has 2 rings (SSSR count). The zero-order valence-electron chi connectivity index (χ0n) is 13.5. The third-order valence-electron chi connectivity index (χ3n) is 4.17. The van der Waals surface area contributed by atoms with Gasteiger partial charge >= 0.3 is 0 Å². The number of hydrogen-bond acceptors (Lipinski definition) is 3. The number of nitrogens with two attached hydrogens (primary N) is 1. The van der Waals surface area contributed by atoms with Crippen molar-refractivity contribution in [3.05, 3.63) is 29.6 Å². The second kappa shape index (κ2) is 7.23. The summed E-state index contributed by atoms with van der Waals surface area (Å²) in [5.41, 5.74) is 7.72. The van der Waals surface area contributed by atoms with Gasteiger partial charge in [0.2, 0.25) is 0 Å². The van der Waals surface area contributed by atoms with Crippen LogP contribution in [0.3, 0.4) is 0 Å². The summed E-state index contributed by atoms with van der Waals surface area (Å²) in [5.74, 6) is 0.610. The van der Waals surface area contributed by atoms with Crippen LogP contribution in [0.1, 0.15) is 25.3 Å². The molecule has 3 nitrogen and oxygen atoms in total. The first-order valence-electron chi connectivity index (χ1n) is 7.90. The van der Waals surface area contributed by atoms with Gasteiger partial charge in [0, 0.05) is 25.7 Å². The van der Waals surface area contributed by atoms with E-state index in [1.165, 1.54) is 0 Å². The lowest BCUT2D eigenvalue weighted by molar-refractivity contribution is 0.284. The highest BCUT2D eigenvalue weighted by atomic mass is 19.1. The molecule has 0 aromatic heterocycles. The molecule has 0 aliphatic carbocycles. The number of anilines is 1. The summed E-state index contributed by atoms with van der Waals surface area (Å²) in [4.78, 5) is 4.45. The summed E-state index contributed by atoms with van der Waals surface area (Å²) in [6, 6.07) is 5.41. The summed E-state index contributed by atoms with van der Waals surface area (Å²) < 4.78 is 14.3. The third-order valence-corrected chi connectivity index (χ3v) is 4.17. The summed E-state index contributed by atoms with van der Waals surface area (Å²) >= 11 is 0. The number of piperidine rings is 1. The lowest BCUT2D eigenvalue weighted by Gasteiger charge is -2.36. The van der Waals surface area contributed by atoms with Gasteiger partial charge in [-0.25, -0.2) is 4.39 Å². The zero-order chi connectivity index (χ0) is 15.4. The maximum absolute atomic E-state index is 14.3. The van der Waals surface area contributed by atoms with Crippen LogP contribution in [-0.4, -0.2) is 44.7 Å². The largest absolute Gasteiger partial charge is 0.369 e. The van der Waals surface area contributed by atoms with Crippen molar-refractivity contribution < 1.29 is 4.39 Å². The Labute approximate surface area is 127 Å². The second-order valence-electron chi connectivity index (χ2n) is 6.62. The van der Waals surface area contributed by atoms with E-state index in [1.807, 2.05) is 13.0 Å². The Morgan fingerprint density at radius 2 is 2.00 bits per heavy atom. The van der Waals surface area contributed by atoms with Gasteiger partial charge in [0.1, 0.15) is 5.82 Å². The Morgan fingerprint density at radius 3 is 2.57 bits per heavy atom. The van der Waals surface area contributed by atoms with Gasteiger partial charge in [-0.1, -0.05) is 12.1 Å². The Bertz CT molecular complexity index is 451. The quantitative estimate of drug-likeness (QED) is 0.905. The van der Waals surface area contributed by atoms with Gasteiger partial charge in [-0.15, -0.1) is 0 Å². The van der Waals surface area contributed by atoms with Crippen LogP contribution in [-0.2, 0) is 6.42 Å². The molecule has 1 atom stereocenters. The first kappa shape index (κ1) is 16.2. The zero-order valence-corrected chi connectivity index (χ0v) is 13.5. The molecule has 1 aliphatic heterocycles. The monoisotopic (exact) mass is 293 g/mol. The van der Waals surface area contributed by atoms with Gasteiger partial charge in [-0.2, -0.15) is 0 Å². The highest BCUT2D eigenvalue weighted by molar-refractivity contribution is 5.55. The number of nitrogens with zero attached hydrogens (tertiary/aromatic N) is 2. The van der Waals surface area contributed by atoms with Crippen LogP contribution in [0, 0.1) is 11.7 Å². The maximum Gasteiger partial charge on any atom is 0.146 e. The molecule has 1 fully saturated rings. The van der Waals surface area contributed by atoms with Crippen LogP contribution in [0.2, 0.25) is 0 Å². The molecule has 4 heteroatoms. The van der Waals surface area contributed by atoms with Crippen molar-refractivity contribution in [1.82, 2.24) is 4.90 Å². The molecule has 21 heavy (non-hydrogen) atoms. The molecule has 1 unspecified atom stereocenters. The maximum atomic E-state index is 14.3. The summed E-state index contributed by atoms with van der Waals surface area (Å²) in [6.45, 7) is 4.96. The molecule has 1 heterocycles. The fraction of sp³-hybridized carbons (Fsp3) is 0.647. The molecule has 118 valence electrons. The molecule has 1 aliphatic rings. The Balaban J connectivity index is 2.09. The Hall–Kier alpha value is -1.13. The van der Waals surface area contributed by atoms with Crippen LogP contribution >= 0.6 is 0 Å². The summed E-state index contributed by atoms with van der Waals surface area (Å²) in [5, 5.41) is 0. The van der Waals surface area contributed by atoms with Crippen LogP contribution in [0.25, 0.3) is 0 Å². The Morgan fingerprint density at radius 1 is 1.33 bits per heavy atom. The summed E-state index contributed by atoms with van der Waals surface area (Å²) in [7, 11) is 4.23. The average molecular weight is 293 g/mol. The normalized spacial score (nSPS) is 18.3. The fourth-order valence-electron chi connectivity index (χ4n) is 3.28. The van der Waals surface area contributed by atoms with E-state index in [0.29, 0.717) is 0 Å². The first-order valence-corrected chi connectivity index (χ1v) is 7.90. The van der Waals surface area contributed by atoms with E-state index in [4.69, 9.17) is 5.73 Å². The SMILES string of the molecule is CC(N)Cc1cccc(F)c1N1CCC(CN(C)C)CC1. The van der Waals surface area contributed by atoms with Crippen LogP contribution in [0.15, 0.2) is 18.2 Å². The van der Waals surface area contributed by atoms with E-state index < -0.39 is 0 Å². The molecule has 0 bridgehead atoms. The summed E-state index contributed by atoms with van der Waals surface area (Å²) in [6.07, 6.45) is 2.99. The average Bonchev–Trinajstić information content (AvgIpc) is 2.39. The van der Waals surface area contributed by atoms with Crippen molar-refractivity contribution in [2.24, 2.45) is 11.7 Å². The van der Waals surface area contributed by atoms with E-state index in [9.17, 15) is 4.39 Å². The minimum absolute atomic E-state index is 0.0526. The van der Waals surface area contributed by atoms with Gasteiger partial charge in [0.25, 0.3) is 0 Å². The minimum Gasteiger partial charge on any atom is -0.369 e. The van der Waals surface area contributed by atoms with E-state index in [-0.39, 0.29) is 11.9 Å². The highest BCUT2D eigenvalue weighted by Gasteiger charge is 2.23. The van der Waals surface area contributed by atoms with Crippen LogP contribution in [0.4, 0.5) is 10.1 Å². The fourth-order valence-corrected chi connectivity index (χ4v) is 3.28. The topological polar surface area (TPSA) is 32.5 Å². The third kappa shape index (κ3) is 4.42. The van der Waals surface area contributed by atoms with Crippen molar-refractivity contribution in [2.75, 3.05) is 38.6 Å². The number of benzene rings is 1. The molecule has 0 radical (unpaired) electrons. The molecule has 1 aromatic rings. The van der Waals surface area contributed by atoms with Gasteiger partial charge in [-0.3, -0.25) is 0 Å². The molecular formula is C17H28FN3. The number of halogens is 1. The van der Waals surface area contributed by atoms with Gasteiger partial charge in [0.15, 0.2) is 0 Å². The first-order chi connectivity index (χ1) is 9.97. The van der Waals surface area contributed by atoms with Crippen molar-refractivity contribution >= 4 is 5.69 Å². The number of hydrogen-bond donors (Lipinski definition) is 1. The van der Waals surface area contributed by atoms with Crippen molar-refractivity contribution in [3.63, 3.8) is 0 Å². The van der Waals surface area contributed by atoms with E-state index in [1.54, 1.807) is 12.1 Å². The minimum atomic E-state index is -0.112. The molecule has 1 saturated heterocycles. The predicted molar refractivity (Wildman–Crippen MR) is 87.2 cm³/mol. The lowest BCUT2D eigenvalue weighted by atomic mass is 9.94. The highest BCUT2D eigenvalue weighted by Crippen LogP contribution is 2.30.